The molecule has 164 valence electrons. The smallest absolute Gasteiger partial charge is 0.243 e. The van der Waals surface area contributed by atoms with Crippen LogP contribution < -0.4 is 0 Å². The number of rotatable bonds is 5. The van der Waals surface area contributed by atoms with Crippen molar-refractivity contribution in [3.63, 3.8) is 0 Å². The highest BCUT2D eigenvalue weighted by molar-refractivity contribution is 7.89. The molecule has 0 unspecified atom stereocenters. The molecule has 3 aromatic rings. The van der Waals surface area contributed by atoms with Gasteiger partial charge in [-0.3, -0.25) is 4.79 Å². The number of hydrogen-bond donors (Lipinski definition) is 0. The van der Waals surface area contributed by atoms with E-state index in [4.69, 9.17) is 11.6 Å². The van der Waals surface area contributed by atoms with Gasteiger partial charge in [0.1, 0.15) is 5.01 Å². The Hall–Kier alpha value is -1.78. The highest BCUT2D eigenvalue weighted by atomic mass is 35.5. The summed E-state index contributed by atoms with van der Waals surface area (Å²) >= 11 is 8.94. The summed E-state index contributed by atoms with van der Waals surface area (Å²) in [5.41, 5.74) is 2.73. The van der Waals surface area contributed by atoms with Crippen LogP contribution in [-0.4, -0.2) is 54.7 Å². The summed E-state index contributed by atoms with van der Waals surface area (Å²) in [6.45, 7) is 5.19. The van der Waals surface area contributed by atoms with E-state index >= 15 is 0 Å². The first-order chi connectivity index (χ1) is 14.7. The van der Waals surface area contributed by atoms with Gasteiger partial charge in [-0.05, 0) is 49.2 Å². The largest absolute Gasteiger partial charge is 0.340 e. The molecule has 1 aliphatic rings. The molecule has 10 heteroatoms. The molecule has 0 aliphatic carbocycles. The molecule has 6 nitrogen and oxygen atoms in total. The molecule has 3 heterocycles. The van der Waals surface area contributed by atoms with Gasteiger partial charge in [-0.15, -0.1) is 22.7 Å². The summed E-state index contributed by atoms with van der Waals surface area (Å²) in [4.78, 5) is 20.3. The van der Waals surface area contributed by atoms with E-state index in [1.165, 1.54) is 27.0 Å². The molecule has 1 amide bonds. The molecule has 0 N–H and O–H groups in total. The Morgan fingerprint density at radius 1 is 1.10 bits per heavy atom. The van der Waals surface area contributed by atoms with Gasteiger partial charge in [-0.25, -0.2) is 13.4 Å². The fraction of sp³-hybridized carbons (Fsp3) is 0.333. The van der Waals surface area contributed by atoms with Crippen LogP contribution in [0.25, 0.3) is 9.88 Å². The van der Waals surface area contributed by atoms with Crippen LogP contribution in [0.15, 0.2) is 40.6 Å². The van der Waals surface area contributed by atoms with Crippen LogP contribution in [0, 0.1) is 13.8 Å². The van der Waals surface area contributed by atoms with Crippen LogP contribution in [0.3, 0.4) is 0 Å². The SMILES string of the molecule is Cc1ccc(S(=O)(=O)N2CCN(C(=O)Cc3csc(-c4ccc(Cl)s4)n3)CC2)cc1C. The van der Waals surface area contributed by atoms with E-state index < -0.39 is 10.0 Å². The normalized spacial score (nSPS) is 15.4. The third-order valence-corrected chi connectivity index (χ3v) is 9.56. The summed E-state index contributed by atoms with van der Waals surface area (Å²) in [5, 5.41) is 2.74. The van der Waals surface area contributed by atoms with E-state index in [9.17, 15) is 13.2 Å². The number of thiazole rings is 1. The molecule has 1 saturated heterocycles. The molecule has 31 heavy (non-hydrogen) atoms. The fourth-order valence-corrected chi connectivity index (χ4v) is 6.84. The van der Waals surface area contributed by atoms with Crippen molar-refractivity contribution in [2.24, 2.45) is 0 Å². The zero-order valence-electron chi connectivity index (χ0n) is 17.2. The second-order valence-electron chi connectivity index (χ2n) is 7.46. The number of carbonyl (C=O) groups is 1. The number of thiophene rings is 1. The molecule has 2 aromatic heterocycles. The Morgan fingerprint density at radius 3 is 2.48 bits per heavy atom. The summed E-state index contributed by atoms with van der Waals surface area (Å²) in [6.07, 6.45) is 0.208. The maximum absolute atomic E-state index is 13.0. The Morgan fingerprint density at radius 2 is 1.84 bits per heavy atom. The van der Waals surface area contributed by atoms with E-state index in [-0.39, 0.29) is 25.4 Å². The number of nitrogens with zero attached hydrogens (tertiary/aromatic N) is 3. The quantitative estimate of drug-likeness (QED) is 0.531. The molecule has 0 spiro atoms. The number of aryl methyl sites for hydroxylation is 2. The predicted molar refractivity (Wildman–Crippen MR) is 125 cm³/mol. The van der Waals surface area contributed by atoms with Crippen molar-refractivity contribution in [3.05, 3.63) is 56.9 Å². The van der Waals surface area contributed by atoms with Crippen LogP contribution >= 0.6 is 34.3 Å². The van der Waals surface area contributed by atoms with Crippen molar-refractivity contribution in [1.82, 2.24) is 14.2 Å². The molecule has 1 aliphatic heterocycles. The van der Waals surface area contributed by atoms with Gasteiger partial charge in [0.2, 0.25) is 15.9 Å². The van der Waals surface area contributed by atoms with Crippen LogP contribution in [0.2, 0.25) is 4.34 Å². The van der Waals surface area contributed by atoms with Crippen molar-refractivity contribution in [2.75, 3.05) is 26.2 Å². The van der Waals surface area contributed by atoms with Gasteiger partial charge in [0.15, 0.2) is 0 Å². The molecule has 0 radical (unpaired) electrons. The Kier molecular flexibility index (Phi) is 6.50. The molecule has 0 saturated carbocycles. The molecule has 0 atom stereocenters. The zero-order valence-corrected chi connectivity index (χ0v) is 20.4. The minimum absolute atomic E-state index is 0.0377. The summed E-state index contributed by atoms with van der Waals surface area (Å²) < 4.78 is 28.1. The monoisotopic (exact) mass is 495 g/mol. The molecule has 0 bridgehead atoms. The average Bonchev–Trinajstić information content (AvgIpc) is 3.39. The number of benzene rings is 1. The molecule has 1 fully saturated rings. The standard InChI is InChI=1S/C21H22ClN3O3S3/c1-14-3-4-17(11-15(14)2)31(27,28)25-9-7-24(8-10-25)20(26)12-16-13-29-21(23-16)18-5-6-19(22)30-18/h3-6,11,13H,7-10,12H2,1-2H3. The Labute approximate surface area is 195 Å². The minimum Gasteiger partial charge on any atom is -0.340 e. The average molecular weight is 496 g/mol. The second-order valence-corrected chi connectivity index (χ2v) is 12.0. The van der Waals surface area contributed by atoms with Gasteiger partial charge in [0.25, 0.3) is 0 Å². The first-order valence-corrected chi connectivity index (χ1v) is 13.3. The number of piperazine rings is 1. The van der Waals surface area contributed by atoms with Crippen molar-refractivity contribution >= 4 is 50.2 Å². The van der Waals surface area contributed by atoms with Gasteiger partial charge in [0.05, 0.1) is 26.2 Å². The maximum Gasteiger partial charge on any atom is 0.243 e. The van der Waals surface area contributed by atoms with Crippen molar-refractivity contribution in [2.45, 2.75) is 25.2 Å². The number of sulfonamides is 1. The number of aromatic nitrogens is 1. The Bertz CT molecular complexity index is 1210. The third-order valence-electron chi connectivity index (χ3n) is 5.38. The van der Waals surface area contributed by atoms with E-state index in [0.717, 1.165) is 26.7 Å². The van der Waals surface area contributed by atoms with Crippen LogP contribution in [0.5, 0.6) is 0 Å². The van der Waals surface area contributed by atoms with Crippen LogP contribution in [0.1, 0.15) is 16.8 Å². The summed E-state index contributed by atoms with van der Waals surface area (Å²) in [6, 6.07) is 8.94. The molecule has 1 aromatic carbocycles. The first kappa shape index (κ1) is 22.4. The highest BCUT2D eigenvalue weighted by Gasteiger charge is 2.30. The molecule has 4 rings (SSSR count). The maximum atomic E-state index is 13.0. The zero-order chi connectivity index (χ0) is 22.2. The lowest BCUT2D eigenvalue weighted by Gasteiger charge is -2.34. The molecular formula is C21H22ClN3O3S3. The van der Waals surface area contributed by atoms with Gasteiger partial charge in [-0.2, -0.15) is 4.31 Å². The van der Waals surface area contributed by atoms with Gasteiger partial charge in [0, 0.05) is 31.6 Å². The first-order valence-electron chi connectivity index (χ1n) is 9.79. The lowest BCUT2D eigenvalue weighted by molar-refractivity contribution is -0.131. The lowest BCUT2D eigenvalue weighted by atomic mass is 10.1. The van der Waals surface area contributed by atoms with Crippen LogP contribution in [-0.2, 0) is 21.2 Å². The van der Waals surface area contributed by atoms with E-state index in [1.54, 1.807) is 17.0 Å². The van der Waals surface area contributed by atoms with E-state index in [2.05, 4.69) is 4.98 Å². The molecular weight excluding hydrogens is 474 g/mol. The second kappa shape index (κ2) is 8.99. The van der Waals surface area contributed by atoms with Gasteiger partial charge >= 0.3 is 0 Å². The third kappa shape index (κ3) is 4.85. The topological polar surface area (TPSA) is 70.6 Å². The van der Waals surface area contributed by atoms with E-state index in [1.807, 2.05) is 37.4 Å². The summed E-state index contributed by atoms with van der Waals surface area (Å²) in [7, 11) is -3.56. The summed E-state index contributed by atoms with van der Waals surface area (Å²) in [5.74, 6) is -0.0377. The van der Waals surface area contributed by atoms with E-state index in [0.29, 0.717) is 22.3 Å². The number of amides is 1. The van der Waals surface area contributed by atoms with Gasteiger partial charge < -0.3 is 4.90 Å². The van der Waals surface area contributed by atoms with Crippen molar-refractivity contribution < 1.29 is 13.2 Å². The number of hydrogen-bond acceptors (Lipinski definition) is 6. The fourth-order valence-electron chi connectivity index (χ4n) is 3.40. The van der Waals surface area contributed by atoms with Gasteiger partial charge in [-0.1, -0.05) is 17.7 Å². The number of carbonyl (C=O) groups excluding carboxylic acids is 1. The highest BCUT2D eigenvalue weighted by Crippen LogP contribution is 2.33. The predicted octanol–water partition coefficient (Wildman–Crippen LogP) is 4.22. The van der Waals surface area contributed by atoms with Crippen LogP contribution in [0.4, 0.5) is 0 Å². The Balaban J connectivity index is 1.36. The van der Waals surface area contributed by atoms with Crippen molar-refractivity contribution in [1.29, 1.82) is 0 Å². The lowest BCUT2D eigenvalue weighted by Crippen LogP contribution is -2.50. The number of halogens is 1. The minimum atomic E-state index is -3.56. The van der Waals surface area contributed by atoms with Crippen molar-refractivity contribution in [3.8, 4) is 9.88 Å².